The number of nitrogens with zero attached hydrogens (tertiary/aromatic N) is 1. The first kappa shape index (κ1) is 20.5. The van der Waals surface area contributed by atoms with Gasteiger partial charge < -0.3 is 10.1 Å². The first-order chi connectivity index (χ1) is 12.1. The van der Waals surface area contributed by atoms with Crippen LogP contribution in [0.25, 0.3) is 10.6 Å². The van der Waals surface area contributed by atoms with E-state index in [0.29, 0.717) is 26.3 Å². The van der Waals surface area contributed by atoms with Gasteiger partial charge in [0.25, 0.3) is 0 Å². The maximum Gasteiger partial charge on any atom is 0.471 e. The third kappa shape index (κ3) is 5.33. The lowest BCUT2D eigenvalue weighted by molar-refractivity contribution is -0.175. The van der Waals surface area contributed by atoms with Gasteiger partial charge in [0.05, 0.1) is 12.8 Å². The molecule has 140 valence electrons. The molecule has 1 atom stereocenters. The van der Waals surface area contributed by atoms with Crippen LogP contribution >= 0.6 is 34.5 Å². The van der Waals surface area contributed by atoms with Crippen LogP contribution in [0.15, 0.2) is 23.6 Å². The van der Waals surface area contributed by atoms with Crippen LogP contribution in [0.3, 0.4) is 0 Å². The molecule has 0 saturated carbocycles. The SMILES string of the molecule is COC(=O)[C@H](Cc1csc(-c2cc(Cl)cc(Cl)c2)n1)NC(=O)C(F)(F)F. The molecule has 2 rings (SSSR count). The number of hydrogen-bond acceptors (Lipinski definition) is 5. The van der Waals surface area contributed by atoms with Crippen molar-refractivity contribution in [1.82, 2.24) is 10.3 Å². The molecule has 0 unspecified atom stereocenters. The number of rotatable bonds is 5. The second-order valence-corrected chi connectivity index (χ2v) is 6.78. The average Bonchev–Trinajstić information content (AvgIpc) is 3.00. The van der Waals surface area contributed by atoms with Crippen molar-refractivity contribution >= 4 is 46.4 Å². The number of ether oxygens (including phenoxy) is 1. The van der Waals surface area contributed by atoms with Crippen LogP contribution in [0.2, 0.25) is 10.0 Å². The van der Waals surface area contributed by atoms with Gasteiger partial charge in [-0.05, 0) is 18.2 Å². The van der Waals surface area contributed by atoms with Gasteiger partial charge >= 0.3 is 18.1 Å². The minimum Gasteiger partial charge on any atom is -0.467 e. The van der Waals surface area contributed by atoms with Gasteiger partial charge in [-0.25, -0.2) is 9.78 Å². The minimum absolute atomic E-state index is 0.265. The fourth-order valence-corrected chi connectivity index (χ4v) is 3.34. The lowest BCUT2D eigenvalue weighted by atomic mass is 10.1. The maximum absolute atomic E-state index is 12.4. The molecule has 26 heavy (non-hydrogen) atoms. The molecular formula is C15H11Cl2F3N2O3S. The zero-order valence-corrected chi connectivity index (χ0v) is 15.4. The third-order valence-corrected chi connectivity index (χ3v) is 4.50. The van der Waals surface area contributed by atoms with Gasteiger partial charge in [0.1, 0.15) is 11.0 Å². The number of benzene rings is 1. The number of halogens is 5. The van der Waals surface area contributed by atoms with Crippen molar-refractivity contribution in [1.29, 1.82) is 0 Å². The van der Waals surface area contributed by atoms with Gasteiger partial charge in [0, 0.05) is 27.4 Å². The number of carbonyl (C=O) groups is 2. The Labute approximate surface area is 160 Å². The lowest BCUT2D eigenvalue weighted by Gasteiger charge is -2.16. The van der Waals surface area contributed by atoms with E-state index in [9.17, 15) is 22.8 Å². The van der Waals surface area contributed by atoms with E-state index in [-0.39, 0.29) is 6.42 Å². The fourth-order valence-electron chi connectivity index (χ4n) is 2.00. The molecule has 1 N–H and O–H groups in total. The number of aromatic nitrogens is 1. The molecule has 0 saturated heterocycles. The number of thiazole rings is 1. The summed E-state index contributed by atoms with van der Waals surface area (Å²) in [6, 6.07) is 3.27. The molecule has 1 amide bonds. The Morgan fingerprint density at radius 1 is 1.27 bits per heavy atom. The summed E-state index contributed by atoms with van der Waals surface area (Å²) in [7, 11) is 1.01. The fraction of sp³-hybridized carbons (Fsp3) is 0.267. The molecule has 5 nitrogen and oxygen atoms in total. The molecule has 0 fully saturated rings. The summed E-state index contributed by atoms with van der Waals surface area (Å²) in [5.74, 6) is -3.24. The maximum atomic E-state index is 12.4. The third-order valence-electron chi connectivity index (χ3n) is 3.12. The van der Waals surface area contributed by atoms with E-state index in [1.165, 1.54) is 11.3 Å². The van der Waals surface area contributed by atoms with Gasteiger partial charge in [0.15, 0.2) is 0 Å². The Bertz CT molecular complexity index is 806. The predicted octanol–water partition coefficient (Wildman–Crippen LogP) is 3.88. The van der Waals surface area contributed by atoms with Crippen molar-refractivity contribution < 1.29 is 27.5 Å². The van der Waals surface area contributed by atoms with Gasteiger partial charge in [-0.1, -0.05) is 23.2 Å². The Hall–Kier alpha value is -1.84. The minimum atomic E-state index is -5.11. The molecule has 1 aromatic heterocycles. The Kier molecular flexibility index (Phi) is 6.48. The van der Waals surface area contributed by atoms with E-state index in [1.807, 2.05) is 0 Å². The quantitative estimate of drug-likeness (QED) is 0.736. The summed E-state index contributed by atoms with van der Waals surface area (Å²) in [5.41, 5.74) is 0.923. The zero-order chi connectivity index (χ0) is 19.5. The Morgan fingerprint density at radius 2 is 1.88 bits per heavy atom. The molecule has 0 aliphatic carbocycles. The number of carbonyl (C=O) groups excluding carboxylic acids is 2. The number of nitrogens with one attached hydrogen (secondary N) is 1. The van der Waals surface area contributed by atoms with Crippen LogP contribution in [0, 0.1) is 0 Å². The molecule has 0 bridgehead atoms. The summed E-state index contributed by atoms with van der Waals surface area (Å²) in [4.78, 5) is 27.0. The molecule has 0 aliphatic heterocycles. The van der Waals surface area contributed by atoms with Crippen LogP contribution in [0.1, 0.15) is 5.69 Å². The van der Waals surface area contributed by atoms with E-state index in [4.69, 9.17) is 23.2 Å². The molecule has 0 aliphatic rings. The molecule has 1 heterocycles. The number of methoxy groups -OCH3 is 1. The normalized spacial score (nSPS) is 12.5. The predicted molar refractivity (Wildman–Crippen MR) is 91.3 cm³/mol. The highest BCUT2D eigenvalue weighted by molar-refractivity contribution is 7.13. The topological polar surface area (TPSA) is 68.3 Å². The van der Waals surface area contributed by atoms with Crippen LogP contribution in [-0.4, -0.2) is 36.2 Å². The van der Waals surface area contributed by atoms with Crippen molar-refractivity contribution in [3.63, 3.8) is 0 Å². The largest absolute Gasteiger partial charge is 0.471 e. The summed E-state index contributed by atoms with van der Waals surface area (Å²) < 4.78 is 41.7. The van der Waals surface area contributed by atoms with Crippen molar-refractivity contribution in [2.75, 3.05) is 7.11 Å². The van der Waals surface area contributed by atoms with Crippen molar-refractivity contribution in [3.05, 3.63) is 39.3 Å². The monoisotopic (exact) mass is 426 g/mol. The van der Waals surface area contributed by atoms with Crippen LogP contribution in [-0.2, 0) is 20.7 Å². The second-order valence-electron chi connectivity index (χ2n) is 5.05. The van der Waals surface area contributed by atoms with E-state index in [1.54, 1.807) is 28.9 Å². The highest BCUT2D eigenvalue weighted by Crippen LogP contribution is 2.29. The van der Waals surface area contributed by atoms with Gasteiger partial charge in [-0.3, -0.25) is 4.79 Å². The van der Waals surface area contributed by atoms with E-state index in [0.717, 1.165) is 7.11 Å². The van der Waals surface area contributed by atoms with Gasteiger partial charge in [-0.15, -0.1) is 11.3 Å². The number of hydrogen-bond donors (Lipinski definition) is 1. The second kappa shape index (κ2) is 8.24. The van der Waals surface area contributed by atoms with Crippen LogP contribution in [0.4, 0.5) is 13.2 Å². The standard InChI is InChI=1S/C15H11Cl2F3N2O3S/c1-25-13(23)11(22-14(24)15(18,19)20)5-10-6-26-12(21-10)7-2-8(16)4-9(17)3-7/h2-4,6,11H,5H2,1H3,(H,22,24)/t11-/m0/s1. The molecule has 0 spiro atoms. The number of esters is 1. The highest BCUT2D eigenvalue weighted by Gasteiger charge is 2.41. The smallest absolute Gasteiger partial charge is 0.467 e. The Morgan fingerprint density at radius 3 is 2.42 bits per heavy atom. The Balaban J connectivity index is 2.20. The molecule has 11 heteroatoms. The molecule has 1 aromatic carbocycles. The van der Waals surface area contributed by atoms with Crippen LogP contribution < -0.4 is 5.32 Å². The van der Waals surface area contributed by atoms with E-state index >= 15 is 0 Å². The highest BCUT2D eigenvalue weighted by atomic mass is 35.5. The van der Waals surface area contributed by atoms with E-state index < -0.39 is 24.1 Å². The first-order valence-electron chi connectivity index (χ1n) is 6.96. The van der Waals surface area contributed by atoms with Gasteiger partial charge in [0.2, 0.25) is 0 Å². The summed E-state index contributed by atoms with van der Waals surface area (Å²) >= 11 is 13.0. The summed E-state index contributed by atoms with van der Waals surface area (Å²) in [5, 5.41) is 4.47. The zero-order valence-electron chi connectivity index (χ0n) is 13.1. The summed E-state index contributed by atoms with van der Waals surface area (Å²) in [6.45, 7) is 0. The lowest BCUT2D eigenvalue weighted by Crippen LogP contribution is -2.48. The first-order valence-corrected chi connectivity index (χ1v) is 8.60. The molecule has 0 radical (unpaired) electrons. The van der Waals surface area contributed by atoms with Crippen LogP contribution in [0.5, 0.6) is 0 Å². The van der Waals surface area contributed by atoms with Crippen molar-refractivity contribution in [3.8, 4) is 10.6 Å². The number of alkyl halides is 3. The van der Waals surface area contributed by atoms with Gasteiger partial charge in [-0.2, -0.15) is 13.2 Å². The van der Waals surface area contributed by atoms with Crippen molar-refractivity contribution in [2.24, 2.45) is 0 Å². The summed E-state index contributed by atoms with van der Waals surface area (Å²) in [6.07, 6.45) is -5.38. The number of amides is 1. The average molecular weight is 427 g/mol. The van der Waals surface area contributed by atoms with E-state index in [2.05, 4.69) is 9.72 Å². The van der Waals surface area contributed by atoms with Crippen molar-refractivity contribution in [2.45, 2.75) is 18.6 Å². The molecule has 2 aromatic rings. The molecular weight excluding hydrogens is 416 g/mol.